The van der Waals surface area contributed by atoms with Gasteiger partial charge in [-0.1, -0.05) is 0 Å². The van der Waals surface area contributed by atoms with Crippen molar-refractivity contribution in [3.05, 3.63) is 0 Å². The predicted octanol–water partition coefficient (Wildman–Crippen LogP) is 0.132. The van der Waals surface area contributed by atoms with E-state index in [0.717, 1.165) is 19.3 Å². The minimum atomic E-state index is -0.187. The number of ether oxygens (including phenoxy) is 2. The zero-order valence-corrected chi connectivity index (χ0v) is 10.5. The van der Waals surface area contributed by atoms with Gasteiger partial charge < -0.3 is 20.1 Å². The Kier molecular flexibility index (Phi) is 4.01. The standard InChI is InChI=1S/C12H22N2O3/c1-16-12(3-2-4-12)7-11(15)14-5-6-17-10(8-13)9-14/h10H,2-9,13H2,1H3. The van der Waals surface area contributed by atoms with E-state index in [9.17, 15) is 4.79 Å². The monoisotopic (exact) mass is 242 g/mol. The molecule has 2 N–H and O–H groups in total. The van der Waals surface area contributed by atoms with Crippen molar-refractivity contribution in [1.29, 1.82) is 0 Å². The zero-order chi connectivity index (χ0) is 12.3. The molecule has 0 aromatic heterocycles. The lowest BCUT2D eigenvalue weighted by Gasteiger charge is -2.42. The molecule has 1 heterocycles. The third-order valence-electron chi connectivity index (χ3n) is 3.93. The van der Waals surface area contributed by atoms with E-state index in [-0.39, 0.29) is 17.6 Å². The van der Waals surface area contributed by atoms with Crippen molar-refractivity contribution < 1.29 is 14.3 Å². The molecule has 2 aliphatic rings. The second-order valence-corrected chi connectivity index (χ2v) is 4.99. The molecule has 1 aliphatic carbocycles. The first-order valence-corrected chi connectivity index (χ1v) is 6.34. The summed E-state index contributed by atoms with van der Waals surface area (Å²) in [4.78, 5) is 14.0. The Morgan fingerprint density at radius 3 is 2.88 bits per heavy atom. The Morgan fingerprint density at radius 1 is 1.59 bits per heavy atom. The number of nitrogens with zero attached hydrogens (tertiary/aromatic N) is 1. The maximum Gasteiger partial charge on any atom is 0.225 e. The van der Waals surface area contributed by atoms with E-state index in [1.807, 2.05) is 4.90 Å². The Hall–Kier alpha value is -0.650. The van der Waals surface area contributed by atoms with E-state index in [4.69, 9.17) is 15.2 Å². The first kappa shape index (κ1) is 12.8. The topological polar surface area (TPSA) is 64.8 Å². The molecule has 1 aliphatic heterocycles. The molecule has 0 spiro atoms. The van der Waals surface area contributed by atoms with Crippen molar-refractivity contribution >= 4 is 5.91 Å². The van der Waals surface area contributed by atoms with Crippen LogP contribution in [-0.2, 0) is 14.3 Å². The molecule has 1 amide bonds. The van der Waals surface area contributed by atoms with Gasteiger partial charge in [0.15, 0.2) is 0 Å². The van der Waals surface area contributed by atoms with Crippen LogP contribution in [0.4, 0.5) is 0 Å². The Balaban J connectivity index is 1.86. The van der Waals surface area contributed by atoms with Crippen molar-refractivity contribution in [2.75, 3.05) is 33.4 Å². The normalized spacial score (nSPS) is 27.6. The molecular weight excluding hydrogens is 220 g/mol. The van der Waals surface area contributed by atoms with Gasteiger partial charge in [0.2, 0.25) is 5.91 Å². The number of methoxy groups -OCH3 is 1. The number of amides is 1. The van der Waals surface area contributed by atoms with Crippen LogP contribution in [0.2, 0.25) is 0 Å². The maximum absolute atomic E-state index is 12.2. The highest BCUT2D eigenvalue weighted by Crippen LogP contribution is 2.38. The lowest BCUT2D eigenvalue weighted by atomic mass is 9.77. The molecule has 1 saturated heterocycles. The van der Waals surface area contributed by atoms with Crippen LogP contribution in [-0.4, -0.2) is 55.9 Å². The van der Waals surface area contributed by atoms with Gasteiger partial charge in [-0.05, 0) is 19.3 Å². The van der Waals surface area contributed by atoms with Crippen LogP contribution in [0.5, 0.6) is 0 Å². The number of carbonyl (C=O) groups excluding carboxylic acids is 1. The second-order valence-electron chi connectivity index (χ2n) is 4.99. The van der Waals surface area contributed by atoms with Gasteiger partial charge in [-0.15, -0.1) is 0 Å². The fraction of sp³-hybridized carbons (Fsp3) is 0.917. The molecule has 98 valence electrons. The fourth-order valence-corrected chi connectivity index (χ4v) is 2.50. The largest absolute Gasteiger partial charge is 0.378 e. The van der Waals surface area contributed by atoms with Gasteiger partial charge in [0, 0.05) is 26.7 Å². The van der Waals surface area contributed by atoms with Crippen LogP contribution in [0.15, 0.2) is 0 Å². The highest BCUT2D eigenvalue weighted by Gasteiger charge is 2.40. The number of carbonyl (C=O) groups is 1. The minimum absolute atomic E-state index is 0.00687. The lowest BCUT2D eigenvalue weighted by Crippen LogP contribution is -2.51. The van der Waals surface area contributed by atoms with Gasteiger partial charge in [-0.25, -0.2) is 0 Å². The first-order chi connectivity index (χ1) is 8.19. The maximum atomic E-state index is 12.2. The van der Waals surface area contributed by atoms with Crippen molar-refractivity contribution in [1.82, 2.24) is 4.90 Å². The summed E-state index contributed by atoms with van der Waals surface area (Å²) >= 11 is 0. The molecular formula is C12H22N2O3. The number of hydrogen-bond donors (Lipinski definition) is 1. The number of hydrogen-bond acceptors (Lipinski definition) is 4. The van der Waals surface area contributed by atoms with Gasteiger partial charge in [0.05, 0.1) is 24.7 Å². The molecule has 0 bridgehead atoms. The predicted molar refractivity (Wildman–Crippen MR) is 63.6 cm³/mol. The van der Waals surface area contributed by atoms with Crippen LogP contribution in [0.3, 0.4) is 0 Å². The summed E-state index contributed by atoms with van der Waals surface area (Å²) in [5.74, 6) is 0.174. The summed E-state index contributed by atoms with van der Waals surface area (Å²) < 4.78 is 10.9. The van der Waals surface area contributed by atoms with Crippen molar-refractivity contribution in [3.63, 3.8) is 0 Å². The molecule has 1 unspecified atom stereocenters. The summed E-state index contributed by atoms with van der Waals surface area (Å²) in [6.07, 6.45) is 3.66. The highest BCUT2D eigenvalue weighted by atomic mass is 16.5. The Morgan fingerprint density at radius 2 is 2.35 bits per heavy atom. The molecule has 1 saturated carbocycles. The summed E-state index contributed by atoms with van der Waals surface area (Å²) in [7, 11) is 1.70. The Labute approximate surface area is 102 Å². The van der Waals surface area contributed by atoms with Crippen LogP contribution in [0.1, 0.15) is 25.7 Å². The third kappa shape index (κ3) is 2.78. The number of morpholine rings is 1. The van der Waals surface area contributed by atoms with Gasteiger partial charge in [0.25, 0.3) is 0 Å². The van der Waals surface area contributed by atoms with Crippen molar-refractivity contribution in [2.45, 2.75) is 37.4 Å². The average molecular weight is 242 g/mol. The smallest absolute Gasteiger partial charge is 0.225 e. The summed E-state index contributed by atoms with van der Waals surface area (Å²) in [6.45, 7) is 2.36. The van der Waals surface area contributed by atoms with Crippen LogP contribution >= 0.6 is 0 Å². The Bertz CT molecular complexity index is 273. The van der Waals surface area contributed by atoms with Gasteiger partial charge in [0.1, 0.15) is 0 Å². The van der Waals surface area contributed by atoms with E-state index >= 15 is 0 Å². The minimum Gasteiger partial charge on any atom is -0.378 e. The van der Waals surface area contributed by atoms with Crippen molar-refractivity contribution in [3.8, 4) is 0 Å². The SMILES string of the molecule is COC1(CC(=O)N2CCOC(CN)C2)CCC1. The van der Waals surface area contributed by atoms with E-state index in [1.165, 1.54) is 0 Å². The van der Waals surface area contributed by atoms with Crippen LogP contribution in [0, 0.1) is 0 Å². The second kappa shape index (κ2) is 5.33. The summed E-state index contributed by atoms with van der Waals surface area (Å²) in [6, 6.07) is 0. The molecule has 5 nitrogen and oxygen atoms in total. The molecule has 1 atom stereocenters. The zero-order valence-electron chi connectivity index (χ0n) is 10.5. The lowest BCUT2D eigenvalue weighted by molar-refractivity contribution is -0.150. The van der Waals surface area contributed by atoms with Gasteiger partial charge in [-0.2, -0.15) is 0 Å². The molecule has 2 fully saturated rings. The van der Waals surface area contributed by atoms with E-state index in [0.29, 0.717) is 32.7 Å². The first-order valence-electron chi connectivity index (χ1n) is 6.34. The fourth-order valence-electron chi connectivity index (χ4n) is 2.50. The quantitative estimate of drug-likeness (QED) is 0.761. The molecule has 0 aromatic rings. The summed E-state index contributed by atoms with van der Waals surface area (Å²) in [5, 5.41) is 0. The highest BCUT2D eigenvalue weighted by molar-refractivity contribution is 5.77. The number of nitrogens with two attached hydrogens (primary N) is 1. The molecule has 17 heavy (non-hydrogen) atoms. The third-order valence-corrected chi connectivity index (χ3v) is 3.93. The average Bonchev–Trinajstić information content (AvgIpc) is 2.33. The van der Waals surface area contributed by atoms with Crippen LogP contribution < -0.4 is 5.73 Å². The number of rotatable bonds is 4. The molecule has 2 rings (SSSR count). The van der Waals surface area contributed by atoms with Crippen LogP contribution in [0.25, 0.3) is 0 Å². The molecule has 5 heteroatoms. The van der Waals surface area contributed by atoms with E-state index in [1.54, 1.807) is 7.11 Å². The molecule has 0 radical (unpaired) electrons. The summed E-state index contributed by atoms with van der Waals surface area (Å²) in [5.41, 5.74) is 5.38. The van der Waals surface area contributed by atoms with Gasteiger partial charge in [-0.3, -0.25) is 4.79 Å². The van der Waals surface area contributed by atoms with E-state index < -0.39 is 0 Å². The van der Waals surface area contributed by atoms with Crippen molar-refractivity contribution in [2.24, 2.45) is 5.73 Å². The van der Waals surface area contributed by atoms with Gasteiger partial charge >= 0.3 is 0 Å². The van der Waals surface area contributed by atoms with E-state index in [2.05, 4.69) is 0 Å². The molecule has 0 aromatic carbocycles.